The van der Waals surface area contributed by atoms with Gasteiger partial charge in [0.05, 0.1) is 11.2 Å². The monoisotopic (exact) mass is 439 g/mol. The highest BCUT2D eigenvalue weighted by Gasteiger charge is 2.28. The molecule has 0 aliphatic heterocycles. The molecule has 0 amide bonds. The summed E-state index contributed by atoms with van der Waals surface area (Å²) >= 11 is 0. The zero-order valence-corrected chi connectivity index (χ0v) is 19.3. The van der Waals surface area contributed by atoms with Crippen LogP contribution >= 0.6 is 0 Å². The summed E-state index contributed by atoms with van der Waals surface area (Å²) in [7, 11) is -7.39. The van der Waals surface area contributed by atoms with E-state index in [1.807, 2.05) is 12.1 Å². The van der Waals surface area contributed by atoms with Gasteiger partial charge in [0.1, 0.15) is 5.75 Å². The van der Waals surface area contributed by atoms with Crippen molar-refractivity contribution in [1.82, 2.24) is 4.31 Å². The summed E-state index contributed by atoms with van der Waals surface area (Å²) in [4.78, 5) is 0.225. The smallest absolute Gasteiger partial charge is 0.306 e. The molecule has 0 saturated carbocycles. The van der Waals surface area contributed by atoms with E-state index >= 15 is 0 Å². The van der Waals surface area contributed by atoms with Crippen LogP contribution in [0.3, 0.4) is 0 Å². The second-order valence-electron chi connectivity index (χ2n) is 8.35. The molecule has 0 saturated heterocycles. The lowest BCUT2D eigenvalue weighted by molar-refractivity contribution is 0.347. The zero-order chi connectivity index (χ0) is 22.0. The number of nitrogens with zero attached hydrogens (tertiary/aromatic N) is 1. The summed E-state index contributed by atoms with van der Waals surface area (Å²) in [5.41, 5.74) is 1.62. The van der Waals surface area contributed by atoms with Gasteiger partial charge in [-0.05, 0) is 54.7 Å². The summed E-state index contributed by atoms with van der Waals surface area (Å²) in [6.45, 7) is 9.92. The van der Waals surface area contributed by atoms with E-state index in [9.17, 15) is 16.8 Å². The van der Waals surface area contributed by atoms with Gasteiger partial charge in [-0.1, -0.05) is 45.0 Å². The molecular weight excluding hydrogens is 410 g/mol. The first kappa shape index (κ1) is 23.4. The highest BCUT2D eigenvalue weighted by molar-refractivity contribution is 7.89. The van der Waals surface area contributed by atoms with E-state index in [0.717, 1.165) is 11.8 Å². The fourth-order valence-corrected chi connectivity index (χ4v) is 4.94. The van der Waals surface area contributed by atoms with Crippen LogP contribution in [0.5, 0.6) is 5.75 Å². The van der Waals surface area contributed by atoms with Gasteiger partial charge >= 0.3 is 10.1 Å². The van der Waals surface area contributed by atoms with Gasteiger partial charge in [0.25, 0.3) is 0 Å². The van der Waals surface area contributed by atoms with Crippen LogP contribution in [0.4, 0.5) is 0 Å². The topological polar surface area (TPSA) is 80.8 Å². The summed E-state index contributed by atoms with van der Waals surface area (Å²) in [5, 5.41) is 0. The lowest BCUT2D eigenvalue weighted by Crippen LogP contribution is -2.36. The first-order valence-electron chi connectivity index (χ1n) is 9.31. The Kier molecular flexibility index (Phi) is 6.82. The van der Waals surface area contributed by atoms with Crippen LogP contribution in [0.1, 0.15) is 45.7 Å². The molecule has 8 heteroatoms. The lowest BCUT2D eigenvalue weighted by Gasteiger charge is -2.27. The highest BCUT2D eigenvalue weighted by Crippen LogP contribution is 2.27. The van der Waals surface area contributed by atoms with Gasteiger partial charge in [-0.15, -0.1) is 0 Å². The van der Waals surface area contributed by atoms with Crippen LogP contribution < -0.4 is 4.18 Å². The van der Waals surface area contributed by atoms with E-state index in [-0.39, 0.29) is 28.6 Å². The molecule has 2 rings (SSSR count). The summed E-state index contributed by atoms with van der Waals surface area (Å²) < 4.78 is 55.5. The predicted molar refractivity (Wildman–Crippen MR) is 115 cm³/mol. The lowest BCUT2D eigenvalue weighted by atomic mass is 9.87. The Hall–Kier alpha value is -1.90. The summed E-state index contributed by atoms with van der Waals surface area (Å²) in [5.74, 6) is 0.153. The van der Waals surface area contributed by atoms with Crippen LogP contribution in [0, 0.1) is 0 Å². The van der Waals surface area contributed by atoms with E-state index in [4.69, 9.17) is 4.18 Å². The Morgan fingerprint density at radius 1 is 0.966 bits per heavy atom. The van der Waals surface area contributed by atoms with E-state index in [1.165, 1.54) is 16.4 Å². The van der Waals surface area contributed by atoms with Crippen molar-refractivity contribution in [2.24, 2.45) is 0 Å². The average molecular weight is 440 g/mol. The molecule has 0 aliphatic rings. The van der Waals surface area contributed by atoms with Crippen LogP contribution in [-0.4, -0.2) is 33.4 Å². The van der Waals surface area contributed by atoms with Crippen LogP contribution in [0.25, 0.3) is 0 Å². The molecule has 29 heavy (non-hydrogen) atoms. The molecule has 0 unspecified atom stereocenters. The first-order valence-corrected chi connectivity index (χ1v) is 12.6. The van der Waals surface area contributed by atoms with Crippen LogP contribution in [0.2, 0.25) is 0 Å². The van der Waals surface area contributed by atoms with Gasteiger partial charge in [0.2, 0.25) is 10.0 Å². The summed E-state index contributed by atoms with van der Waals surface area (Å²) in [6.07, 6.45) is 0.964. The third-order valence-corrected chi connectivity index (χ3v) is 6.92. The van der Waals surface area contributed by atoms with Crippen molar-refractivity contribution in [3.05, 3.63) is 59.7 Å². The quantitative estimate of drug-likeness (QED) is 0.611. The molecule has 0 spiro atoms. The standard InChI is InChI=1S/C21H29NO5S2/c1-16(2)22(15-17-8-7-9-19(14-17)27-28(6,23)24)29(25,26)20-12-10-18(11-13-20)21(3,4)5/h7-14,16H,15H2,1-6H3. The number of hydrogen-bond donors (Lipinski definition) is 0. The molecule has 0 N–H and O–H groups in total. The van der Waals surface area contributed by atoms with Crippen molar-refractivity contribution >= 4 is 20.1 Å². The Morgan fingerprint density at radius 2 is 1.55 bits per heavy atom. The Labute approximate surface area is 174 Å². The van der Waals surface area contributed by atoms with Gasteiger partial charge in [-0.25, -0.2) is 8.42 Å². The average Bonchev–Trinajstić information content (AvgIpc) is 2.57. The molecule has 0 fully saturated rings. The molecule has 0 aliphatic carbocycles. The molecule has 0 atom stereocenters. The number of benzene rings is 2. The summed E-state index contributed by atoms with van der Waals surface area (Å²) in [6, 6.07) is 13.1. The highest BCUT2D eigenvalue weighted by atomic mass is 32.2. The van der Waals surface area contributed by atoms with E-state index < -0.39 is 20.1 Å². The Bertz CT molecular complexity index is 1050. The predicted octanol–water partition coefficient (Wildman–Crippen LogP) is 3.92. The second kappa shape index (κ2) is 8.45. The van der Waals surface area contributed by atoms with E-state index in [2.05, 4.69) is 20.8 Å². The molecular formula is C21H29NO5S2. The Balaban J connectivity index is 2.35. The molecule has 0 radical (unpaired) electrons. The third-order valence-electron chi connectivity index (χ3n) is 4.39. The van der Waals surface area contributed by atoms with Crippen molar-refractivity contribution < 1.29 is 21.0 Å². The molecule has 2 aromatic rings. The van der Waals surface area contributed by atoms with Crippen molar-refractivity contribution in [1.29, 1.82) is 0 Å². The number of rotatable bonds is 7. The van der Waals surface area contributed by atoms with Gasteiger partial charge in [0.15, 0.2) is 0 Å². The number of hydrogen-bond acceptors (Lipinski definition) is 5. The van der Waals surface area contributed by atoms with Gasteiger partial charge in [0, 0.05) is 12.6 Å². The minimum absolute atomic E-state index is 0.0694. The van der Waals surface area contributed by atoms with Crippen molar-refractivity contribution in [3.8, 4) is 5.75 Å². The maximum Gasteiger partial charge on any atom is 0.306 e. The normalized spacial score (nSPS) is 13.1. The van der Waals surface area contributed by atoms with Gasteiger partial charge in [-0.2, -0.15) is 12.7 Å². The molecule has 0 bridgehead atoms. The SMILES string of the molecule is CC(C)N(Cc1cccc(OS(C)(=O)=O)c1)S(=O)(=O)c1ccc(C(C)(C)C)cc1. The number of sulfonamides is 1. The molecule has 6 nitrogen and oxygen atoms in total. The molecule has 2 aromatic carbocycles. The van der Waals surface area contributed by atoms with E-state index in [0.29, 0.717) is 5.56 Å². The van der Waals surface area contributed by atoms with Crippen molar-refractivity contribution in [2.75, 3.05) is 6.26 Å². The van der Waals surface area contributed by atoms with Crippen molar-refractivity contribution in [3.63, 3.8) is 0 Å². The second-order valence-corrected chi connectivity index (χ2v) is 11.8. The minimum atomic E-state index is -3.73. The maximum atomic E-state index is 13.3. The molecule has 0 heterocycles. The third kappa shape index (κ3) is 6.29. The Morgan fingerprint density at radius 3 is 2.03 bits per heavy atom. The largest absolute Gasteiger partial charge is 0.383 e. The fourth-order valence-electron chi connectivity index (χ4n) is 2.86. The van der Waals surface area contributed by atoms with Crippen LogP contribution in [-0.2, 0) is 32.1 Å². The first-order chi connectivity index (χ1) is 13.2. The molecule has 0 aromatic heterocycles. The minimum Gasteiger partial charge on any atom is -0.383 e. The van der Waals surface area contributed by atoms with Gasteiger partial charge < -0.3 is 4.18 Å². The van der Waals surface area contributed by atoms with E-state index in [1.54, 1.807) is 38.1 Å². The maximum absolute atomic E-state index is 13.3. The van der Waals surface area contributed by atoms with Gasteiger partial charge in [-0.3, -0.25) is 0 Å². The fraction of sp³-hybridized carbons (Fsp3) is 0.429. The van der Waals surface area contributed by atoms with Crippen LogP contribution in [0.15, 0.2) is 53.4 Å². The molecule has 160 valence electrons. The zero-order valence-electron chi connectivity index (χ0n) is 17.7. The van der Waals surface area contributed by atoms with Crippen molar-refractivity contribution in [2.45, 2.75) is 57.5 Å².